The van der Waals surface area contributed by atoms with E-state index >= 15 is 0 Å². The third kappa shape index (κ3) is 2.02. The molecule has 1 heterocycles. The highest BCUT2D eigenvalue weighted by Crippen LogP contribution is 2.05. The van der Waals surface area contributed by atoms with E-state index in [-0.39, 0.29) is 0 Å². The number of hydrogen-bond acceptors (Lipinski definition) is 3. The summed E-state index contributed by atoms with van der Waals surface area (Å²) in [6, 6.07) is 3.46. The van der Waals surface area contributed by atoms with E-state index in [1.54, 1.807) is 12.1 Å². The molecule has 1 aromatic rings. The molecule has 0 saturated carbocycles. The Kier molecular flexibility index (Phi) is 2.78. The molecule has 1 aromatic heterocycles. The van der Waals surface area contributed by atoms with Crippen LogP contribution in [0, 0.1) is 0 Å². The Bertz CT molecular complexity index is 284. The smallest absolute Gasteiger partial charge is 0.232 e. The van der Waals surface area contributed by atoms with E-state index in [0.29, 0.717) is 0 Å². The minimum absolute atomic E-state index is 0.969. The zero-order valence-electron chi connectivity index (χ0n) is 6.93. The van der Waals surface area contributed by atoms with Crippen LogP contribution in [-0.2, 0) is 11.3 Å². The molecule has 4 nitrogen and oxygen atoms in total. The summed E-state index contributed by atoms with van der Waals surface area (Å²) in [4.78, 5) is 1.90. The van der Waals surface area contributed by atoms with Crippen molar-refractivity contribution < 1.29 is 12.7 Å². The predicted molar refractivity (Wildman–Crippen MR) is 45.3 cm³/mol. The molecule has 0 bridgehead atoms. The average Bonchev–Trinajstić information content (AvgIpc) is 2.04. The Morgan fingerprint density at radius 1 is 1.42 bits per heavy atom. The van der Waals surface area contributed by atoms with Crippen molar-refractivity contribution in [3.63, 3.8) is 0 Å². The van der Waals surface area contributed by atoms with Crippen LogP contribution in [0.25, 0.3) is 0 Å². The molecule has 0 saturated heterocycles. The van der Waals surface area contributed by atoms with Crippen LogP contribution < -0.4 is 8.87 Å². The van der Waals surface area contributed by atoms with E-state index in [4.69, 9.17) is 0 Å². The highest BCUT2D eigenvalue weighted by Gasteiger charge is 2.01. The van der Waals surface area contributed by atoms with Crippen LogP contribution in [0.15, 0.2) is 24.5 Å². The average molecular weight is 186 g/mol. The van der Waals surface area contributed by atoms with Crippen molar-refractivity contribution in [3.05, 3.63) is 24.5 Å². The number of nitrogens with zero attached hydrogens (tertiary/aromatic N) is 2. The quantitative estimate of drug-likeness (QED) is 0.470. The first-order chi connectivity index (χ1) is 5.61. The van der Waals surface area contributed by atoms with Gasteiger partial charge in [0.25, 0.3) is 0 Å². The van der Waals surface area contributed by atoms with Gasteiger partial charge in [-0.15, -0.1) is 3.97 Å². The maximum absolute atomic E-state index is 10.4. The molecule has 0 aliphatic heterocycles. The van der Waals surface area contributed by atoms with Crippen LogP contribution >= 0.6 is 0 Å². The van der Waals surface area contributed by atoms with E-state index in [1.165, 1.54) is 12.4 Å². The molecule has 66 valence electrons. The first-order valence-electron chi connectivity index (χ1n) is 3.39. The lowest BCUT2D eigenvalue weighted by Crippen LogP contribution is -2.36. The monoisotopic (exact) mass is 186 g/mol. The summed E-state index contributed by atoms with van der Waals surface area (Å²) in [7, 11) is 3.79. The maximum Gasteiger partial charge on any atom is 0.232 e. The topological polar surface area (TPSA) is 47.2 Å². The van der Waals surface area contributed by atoms with Crippen molar-refractivity contribution in [2.75, 3.05) is 19.0 Å². The molecule has 0 fully saturated rings. The SMILES string of the molecule is CN(C)c1cc[n+](S(=O)[O-])cc1. The Morgan fingerprint density at radius 2 is 1.92 bits per heavy atom. The van der Waals surface area contributed by atoms with Gasteiger partial charge in [0.2, 0.25) is 11.3 Å². The van der Waals surface area contributed by atoms with Gasteiger partial charge in [0.1, 0.15) is 0 Å². The van der Waals surface area contributed by atoms with Gasteiger partial charge < -0.3 is 9.45 Å². The summed E-state index contributed by atoms with van der Waals surface area (Å²) in [5.74, 6) is 0. The molecule has 0 amide bonds. The van der Waals surface area contributed by atoms with Crippen molar-refractivity contribution in [3.8, 4) is 0 Å². The molecule has 0 aliphatic rings. The number of pyridine rings is 1. The lowest BCUT2D eigenvalue weighted by molar-refractivity contribution is -0.511. The van der Waals surface area contributed by atoms with Crippen molar-refractivity contribution >= 4 is 17.0 Å². The lowest BCUT2D eigenvalue weighted by Gasteiger charge is -2.10. The number of aromatic nitrogens is 1. The molecule has 1 atom stereocenters. The standard InChI is InChI=1S/C7H10N2O2S/c1-8(2)7-3-5-9(6-4-7)12(10)11/h3-6H,1-2H3. The molecule has 12 heavy (non-hydrogen) atoms. The van der Waals surface area contributed by atoms with E-state index in [9.17, 15) is 8.76 Å². The first-order valence-corrected chi connectivity index (χ1v) is 4.43. The third-order valence-corrected chi connectivity index (χ3v) is 2.06. The van der Waals surface area contributed by atoms with Gasteiger partial charge in [-0.1, -0.05) is 0 Å². The summed E-state index contributed by atoms with van der Waals surface area (Å²) in [6.45, 7) is 0. The summed E-state index contributed by atoms with van der Waals surface area (Å²) in [6.07, 6.45) is 3.00. The second-order valence-corrected chi connectivity index (χ2v) is 3.38. The van der Waals surface area contributed by atoms with Gasteiger partial charge in [0.15, 0.2) is 12.4 Å². The number of hydrogen-bond donors (Lipinski definition) is 0. The largest absolute Gasteiger partial charge is 0.716 e. The fraction of sp³-hybridized carbons (Fsp3) is 0.286. The fourth-order valence-corrected chi connectivity index (χ4v) is 1.12. The summed E-state index contributed by atoms with van der Waals surface area (Å²) in [5.41, 5.74) is 0.969. The summed E-state index contributed by atoms with van der Waals surface area (Å²) >= 11 is -2.20. The Balaban J connectivity index is 2.93. The van der Waals surface area contributed by atoms with Crippen molar-refractivity contribution in [1.82, 2.24) is 0 Å². The van der Waals surface area contributed by atoms with Gasteiger partial charge >= 0.3 is 0 Å². The van der Waals surface area contributed by atoms with Gasteiger partial charge in [-0.3, -0.25) is 0 Å². The third-order valence-electron chi connectivity index (χ3n) is 1.47. The zero-order chi connectivity index (χ0) is 9.14. The molecule has 1 rings (SSSR count). The highest BCUT2D eigenvalue weighted by molar-refractivity contribution is 7.72. The predicted octanol–water partition coefficient (Wildman–Crippen LogP) is -0.318. The molecule has 0 radical (unpaired) electrons. The number of rotatable bonds is 2. The molecule has 0 spiro atoms. The van der Waals surface area contributed by atoms with Crippen LogP contribution in [-0.4, -0.2) is 22.9 Å². The van der Waals surface area contributed by atoms with Crippen LogP contribution in [0.1, 0.15) is 0 Å². The first kappa shape index (κ1) is 9.15. The van der Waals surface area contributed by atoms with Crippen molar-refractivity contribution in [2.24, 2.45) is 0 Å². The van der Waals surface area contributed by atoms with Gasteiger partial charge in [0, 0.05) is 31.9 Å². The normalized spacial score (nSPS) is 12.6. The Labute approximate surface area is 73.9 Å². The number of anilines is 1. The fourth-order valence-electron chi connectivity index (χ4n) is 0.802. The van der Waals surface area contributed by atoms with E-state index in [0.717, 1.165) is 9.66 Å². The highest BCUT2D eigenvalue weighted by atomic mass is 32.2. The van der Waals surface area contributed by atoms with E-state index in [1.807, 2.05) is 19.0 Å². The Hall–Kier alpha value is -0.940. The second-order valence-electron chi connectivity index (χ2n) is 2.53. The summed E-state index contributed by atoms with van der Waals surface area (Å²) in [5, 5.41) is 0. The molecule has 1 unspecified atom stereocenters. The maximum atomic E-state index is 10.4. The van der Waals surface area contributed by atoms with Gasteiger partial charge in [-0.25, -0.2) is 4.21 Å². The lowest BCUT2D eigenvalue weighted by atomic mass is 10.4. The van der Waals surface area contributed by atoms with Gasteiger partial charge in [-0.05, 0) is 0 Å². The van der Waals surface area contributed by atoms with Crippen LogP contribution in [0.5, 0.6) is 0 Å². The van der Waals surface area contributed by atoms with E-state index < -0.39 is 11.3 Å². The second kappa shape index (κ2) is 3.64. The van der Waals surface area contributed by atoms with Crippen LogP contribution in [0.3, 0.4) is 0 Å². The molecule has 5 heteroatoms. The van der Waals surface area contributed by atoms with Crippen molar-refractivity contribution in [1.29, 1.82) is 0 Å². The minimum Gasteiger partial charge on any atom is -0.716 e. The van der Waals surface area contributed by atoms with E-state index in [2.05, 4.69) is 0 Å². The van der Waals surface area contributed by atoms with Crippen molar-refractivity contribution in [2.45, 2.75) is 0 Å². The molecular weight excluding hydrogens is 176 g/mol. The zero-order valence-corrected chi connectivity index (χ0v) is 7.75. The van der Waals surface area contributed by atoms with Crippen LogP contribution in [0.2, 0.25) is 0 Å². The van der Waals surface area contributed by atoms with Gasteiger partial charge in [-0.2, -0.15) is 0 Å². The molecule has 0 N–H and O–H groups in total. The Morgan fingerprint density at radius 3 is 2.25 bits per heavy atom. The molecule has 0 aromatic carbocycles. The summed E-state index contributed by atoms with van der Waals surface area (Å²) < 4.78 is 22.0. The molecule has 0 aliphatic carbocycles. The molecular formula is C7H10N2O2S. The van der Waals surface area contributed by atoms with Gasteiger partial charge in [0.05, 0.1) is 0 Å². The minimum atomic E-state index is -2.20. The van der Waals surface area contributed by atoms with Crippen LogP contribution in [0.4, 0.5) is 5.69 Å².